The third kappa shape index (κ3) is 3.89. The lowest BCUT2D eigenvalue weighted by Crippen LogP contribution is -2.40. The molecule has 19 heavy (non-hydrogen) atoms. The molecule has 0 radical (unpaired) electrons. The van der Waals surface area contributed by atoms with Crippen LogP contribution in [0, 0.1) is 10.8 Å². The van der Waals surface area contributed by atoms with Crippen molar-refractivity contribution in [3.63, 3.8) is 0 Å². The van der Waals surface area contributed by atoms with Gasteiger partial charge in [-0.1, -0.05) is 27.7 Å². The monoisotopic (exact) mass is 261 g/mol. The number of hydrogen-bond donors (Lipinski definition) is 1. The summed E-state index contributed by atoms with van der Waals surface area (Å²) in [4.78, 5) is 0. The summed E-state index contributed by atoms with van der Waals surface area (Å²) in [5.74, 6) is 0.912. The van der Waals surface area contributed by atoms with Crippen LogP contribution >= 0.6 is 0 Å². The summed E-state index contributed by atoms with van der Waals surface area (Å²) in [6.07, 6.45) is 3.78. The second kappa shape index (κ2) is 5.07. The topological polar surface area (TPSA) is 21.3 Å². The molecule has 1 aliphatic rings. The number of anilines is 1. The van der Waals surface area contributed by atoms with Gasteiger partial charge in [0.15, 0.2) is 0 Å². The van der Waals surface area contributed by atoms with Gasteiger partial charge >= 0.3 is 0 Å². The van der Waals surface area contributed by atoms with Crippen LogP contribution in [0.15, 0.2) is 24.3 Å². The summed E-state index contributed by atoms with van der Waals surface area (Å²) in [5.41, 5.74) is 2.04. The molecule has 1 aromatic carbocycles. The van der Waals surface area contributed by atoms with E-state index in [1.165, 1.54) is 24.9 Å². The van der Waals surface area contributed by atoms with Crippen LogP contribution in [-0.4, -0.2) is 13.2 Å². The molecule has 2 rings (SSSR count). The van der Waals surface area contributed by atoms with Gasteiger partial charge in [0.25, 0.3) is 0 Å². The molecule has 2 nitrogen and oxygen atoms in total. The third-order valence-corrected chi connectivity index (χ3v) is 4.02. The first-order valence-corrected chi connectivity index (χ1v) is 7.20. The highest BCUT2D eigenvalue weighted by molar-refractivity contribution is 5.47. The van der Waals surface area contributed by atoms with Crippen molar-refractivity contribution in [2.24, 2.45) is 10.8 Å². The lowest BCUT2D eigenvalue weighted by Gasteiger charge is -2.45. The first kappa shape index (κ1) is 14.2. The van der Waals surface area contributed by atoms with E-state index in [1.54, 1.807) is 7.11 Å². The smallest absolute Gasteiger partial charge is 0.119 e. The van der Waals surface area contributed by atoms with Gasteiger partial charge in [-0.2, -0.15) is 0 Å². The maximum Gasteiger partial charge on any atom is 0.119 e. The minimum absolute atomic E-state index is 0.423. The third-order valence-electron chi connectivity index (χ3n) is 4.02. The maximum atomic E-state index is 5.20. The Morgan fingerprint density at radius 3 is 2.00 bits per heavy atom. The molecular weight excluding hydrogens is 234 g/mol. The molecule has 1 saturated carbocycles. The number of benzene rings is 1. The van der Waals surface area contributed by atoms with Gasteiger partial charge in [0.05, 0.1) is 7.11 Å². The quantitative estimate of drug-likeness (QED) is 0.850. The Morgan fingerprint density at radius 2 is 1.53 bits per heavy atom. The zero-order valence-electron chi connectivity index (χ0n) is 12.9. The second-order valence-corrected chi connectivity index (χ2v) is 7.48. The Bertz CT molecular complexity index is 403. The van der Waals surface area contributed by atoms with Crippen LogP contribution in [0.3, 0.4) is 0 Å². The van der Waals surface area contributed by atoms with E-state index >= 15 is 0 Å². The van der Waals surface area contributed by atoms with E-state index in [0.29, 0.717) is 16.9 Å². The average Bonchev–Trinajstić information content (AvgIpc) is 2.25. The molecule has 0 amide bonds. The summed E-state index contributed by atoms with van der Waals surface area (Å²) in [5, 5.41) is 3.69. The van der Waals surface area contributed by atoms with Crippen molar-refractivity contribution >= 4 is 5.69 Å². The largest absolute Gasteiger partial charge is 0.497 e. The fraction of sp³-hybridized carbons (Fsp3) is 0.647. The zero-order chi connectivity index (χ0) is 14.1. The summed E-state index contributed by atoms with van der Waals surface area (Å²) in [6, 6.07) is 8.80. The van der Waals surface area contributed by atoms with Crippen LogP contribution in [0.2, 0.25) is 0 Å². The molecule has 2 heteroatoms. The highest BCUT2D eigenvalue weighted by atomic mass is 16.5. The van der Waals surface area contributed by atoms with E-state index in [1.807, 2.05) is 12.1 Å². The van der Waals surface area contributed by atoms with Gasteiger partial charge in [-0.3, -0.25) is 0 Å². The van der Waals surface area contributed by atoms with Crippen LogP contribution in [0.1, 0.15) is 47.0 Å². The average molecular weight is 261 g/mol. The SMILES string of the molecule is COc1ccc(NC2CC(C)(C)CC(C)(C)C2)cc1. The maximum absolute atomic E-state index is 5.20. The van der Waals surface area contributed by atoms with Gasteiger partial charge in [-0.25, -0.2) is 0 Å². The number of nitrogens with one attached hydrogen (secondary N) is 1. The fourth-order valence-electron chi connectivity index (χ4n) is 3.87. The molecule has 0 bridgehead atoms. The summed E-state index contributed by atoms with van der Waals surface area (Å²) in [7, 11) is 1.70. The van der Waals surface area contributed by atoms with Gasteiger partial charge in [0.1, 0.15) is 5.75 Å². The van der Waals surface area contributed by atoms with Crippen molar-refractivity contribution in [2.75, 3.05) is 12.4 Å². The molecule has 1 aromatic rings. The van der Waals surface area contributed by atoms with Crippen LogP contribution < -0.4 is 10.1 Å². The van der Waals surface area contributed by atoms with Gasteiger partial charge in [-0.05, 0) is 54.4 Å². The van der Waals surface area contributed by atoms with Crippen molar-refractivity contribution in [2.45, 2.75) is 53.0 Å². The zero-order valence-corrected chi connectivity index (χ0v) is 12.9. The van der Waals surface area contributed by atoms with E-state index in [4.69, 9.17) is 4.74 Å². The van der Waals surface area contributed by atoms with Crippen molar-refractivity contribution in [3.05, 3.63) is 24.3 Å². The molecule has 0 heterocycles. The molecule has 0 aliphatic heterocycles. The highest BCUT2D eigenvalue weighted by Gasteiger charge is 2.38. The Labute approximate surface area is 117 Å². The molecule has 1 N–H and O–H groups in total. The molecule has 0 atom stereocenters. The minimum atomic E-state index is 0.423. The van der Waals surface area contributed by atoms with Crippen molar-refractivity contribution < 1.29 is 4.74 Å². The van der Waals surface area contributed by atoms with Crippen molar-refractivity contribution in [3.8, 4) is 5.75 Å². The molecule has 0 aromatic heterocycles. The second-order valence-electron chi connectivity index (χ2n) is 7.48. The van der Waals surface area contributed by atoms with E-state index in [-0.39, 0.29) is 0 Å². The Hall–Kier alpha value is -1.18. The van der Waals surface area contributed by atoms with Gasteiger partial charge in [0, 0.05) is 11.7 Å². The van der Waals surface area contributed by atoms with Crippen LogP contribution in [0.4, 0.5) is 5.69 Å². The predicted molar refractivity (Wildman–Crippen MR) is 81.8 cm³/mol. The normalized spacial score (nSPS) is 21.9. The Balaban J connectivity index is 2.05. The molecular formula is C17H27NO. The minimum Gasteiger partial charge on any atom is -0.497 e. The van der Waals surface area contributed by atoms with Gasteiger partial charge in [-0.15, -0.1) is 0 Å². The number of ether oxygens (including phenoxy) is 1. The number of rotatable bonds is 3. The van der Waals surface area contributed by atoms with E-state index in [0.717, 1.165) is 5.75 Å². The van der Waals surface area contributed by atoms with E-state index in [9.17, 15) is 0 Å². The first-order chi connectivity index (χ1) is 8.80. The molecule has 0 unspecified atom stereocenters. The molecule has 1 aliphatic carbocycles. The van der Waals surface area contributed by atoms with Crippen LogP contribution in [0.5, 0.6) is 5.75 Å². The Kier molecular flexibility index (Phi) is 3.80. The standard InChI is InChI=1S/C17H27NO/c1-16(2)10-14(11-17(3,4)12-16)18-13-6-8-15(19-5)9-7-13/h6-9,14,18H,10-12H2,1-5H3. The predicted octanol–water partition coefficient (Wildman–Crippen LogP) is 4.71. The van der Waals surface area contributed by atoms with Gasteiger partial charge in [0.2, 0.25) is 0 Å². The van der Waals surface area contributed by atoms with Gasteiger partial charge < -0.3 is 10.1 Å². The number of methoxy groups -OCH3 is 1. The summed E-state index contributed by atoms with van der Waals surface area (Å²) >= 11 is 0. The lowest BCUT2D eigenvalue weighted by molar-refractivity contribution is 0.105. The molecule has 0 saturated heterocycles. The summed E-state index contributed by atoms with van der Waals surface area (Å²) < 4.78 is 5.20. The van der Waals surface area contributed by atoms with E-state index in [2.05, 4.69) is 45.1 Å². The summed E-state index contributed by atoms with van der Waals surface area (Å²) in [6.45, 7) is 9.54. The molecule has 106 valence electrons. The van der Waals surface area contributed by atoms with Crippen molar-refractivity contribution in [1.29, 1.82) is 0 Å². The highest BCUT2D eigenvalue weighted by Crippen LogP contribution is 2.46. The van der Waals surface area contributed by atoms with Crippen molar-refractivity contribution in [1.82, 2.24) is 0 Å². The number of hydrogen-bond acceptors (Lipinski definition) is 2. The van der Waals surface area contributed by atoms with Crippen LogP contribution in [0.25, 0.3) is 0 Å². The lowest BCUT2D eigenvalue weighted by atomic mass is 9.63. The molecule has 0 spiro atoms. The molecule has 1 fully saturated rings. The fourth-order valence-corrected chi connectivity index (χ4v) is 3.87. The van der Waals surface area contributed by atoms with E-state index < -0.39 is 0 Å². The first-order valence-electron chi connectivity index (χ1n) is 7.20. The Morgan fingerprint density at radius 1 is 1.00 bits per heavy atom. The van der Waals surface area contributed by atoms with Crippen LogP contribution in [-0.2, 0) is 0 Å².